The molecule has 0 bridgehead atoms. The molecule has 0 saturated carbocycles. The van der Waals surface area contributed by atoms with Crippen LogP contribution in [0.4, 0.5) is 4.39 Å². The highest BCUT2D eigenvalue weighted by atomic mass is 35.5. The summed E-state index contributed by atoms with van der Waals surface area (Å²) in [6.07, 6.45) is 1.40. The van der Waals surface area contributed by atoms with E-state index in [1.54, 1.807) is 12.1 Å². The Morgan fingerprint density at radius 3 is 2.70 bits per heavy atom. The average Bonchev–Trinajstić information content (AvgIpc) is 2.50. The first-order chi connectivity index (χ1) is 11.0. The van der Waals surface area contributed by atoms with E-state index in [2.05, 4.69) is 10.3 Å². The number of aromatic nitrogens is 2. The number of aromatic hydroxyl groups is 1. The lowest BCUT2D eigenvalue weighted by molar-refractivity contribution is 0.476. The van der Waals surface area contributed by atoms with Crippen molar-refractivity contribution in [3.8, 4) is 5.75 Å². The third kappa shape index (κ3) is 3.49. The first-order valence-corrected chi connectivity index (χ1v) is 7.27. The second-order valence-corrected chi connectivity index (χ2v) is 5.49. The summed E-state index contributed by atoms with van der Waals surface area (Å²) >= 11 is 5.81. The number of nitrogens with one attached hydrogen (secondary N) is 1. The first-order valence-electron chi connectivity index (χ1n) is 6.89. The van der Waals surface area contributed by atoms with Gasteiger partial charge in [0.1, 0.15) is 5.82 Å². The van der Waals surface area contributed by atoms with E-state index in [9.17, 15) is 14.3 Å². The molecule has 5 nitrogen and oxygen atoms in total. The number of nitrogens with zero attached hydrogens (tertiary/aromatic N) is 2. The van der Waals surface area contributed by atoms with Crippen molar-refractivity contribution in [1.29, 1.82) is 0 Å². The molecule has 0 radical (unpaired) electrons. The number of benzene rings is 1. The highest BCUT2D eigenvalue weighted by Gasteiger charge is 2.08. The van der Waals surface area contributed by atoms with Gasteiger partial charge in [-0.05, 0) is 17.7 Å². The molecular formula is C16H13ClFN3O2. The molecule has 1 aromatic carbocycles. The summed E-state index contributed by atoms with van der Waals surface area (Å²) in [5.41, 5.74) is 1.24. The zero-order chi connectivity index (χ0) is 16.4. The molecule has 2 heterocycles. The monoisotopic (exact) mass is 333 g/mol. The Morgan fingerprint density at radius 1 is 1.22 bits per heavy atom. The first kappa shape index (κ1) is 15.5. The number of pyridine rings is 1. The molecule has 2 N–H and O–H groups in total. The number of hydrogen-bond donors (Lipinski definition) is 2. The quantitative estimate of drug-likeness (QED) is 0.770. The summed E-state index contributed by atoms with van der Waals surface area (Å²) in [5.74, 6) is -0.443. The zero-order valence-corrected chi connectivity index (χ0v) is 12.7. The normalized spacial score (nSPS) is 11.0. The summed E-state index contributed by atoms with van der Waals surface area (Å²) in [5, 5.41) is 13.2. The third-order valence-corrected chi connectivity index (χ3v) is 3.52. The predicted octanol–water partition coefficient (Wildman–Crippen LogP) is 2.48. The van der Waals surface area contributed by atoms with Gasteiger partial charge in [-0.2, -0.15) is 0 Å². The van der Waals surface area contributed by atoms with Gasteiger partial charge in [-0.1, -0.05) is 23.7 Å². The molecule has 0 atom stereocenters. The van der Waals surface area contributed by atoms with Crippen LogP contribution in [0.25, 0.3) is 5.65 Å². The average molecular weight is 334 g/mol. The smallest absolute Gasteiger partial charge is 0.258 e. The van der Waals surface area contributed by atoms with Gasteiger partial charge in [-0.3, -0.25) is 9.20 Å². The molecule has 0 aliphatic rings. The molecule has 0 aliphatic carbocycles. The molecule has 3 rings (SSSR count). The van der Waals surface area contributed by atoms with Crippen LogP contribution in [0.1, 0.15) is 11.3 Å². The molecule has 23 heavy (non-hydrogen) atoms. The lowest BCUT2D eigenvalue weighted by Gasteiger charge is -2.07. The van der Waals surface area contributed by atoms with Gasteiger partial charge in [0.2, 0.25) is 0 Å². The van der Waals surface area contributed by atoms with Crippen LogP contribution in [0.15, 0.2) is 47.4 Å². The van der Waals surface area contributed by atoms with Crippen LogP contribution in [-0.2, 0) is 13.1 Å². The summed E-state index contributed by atoms with van der Waals surface area (Å²) in [6, 6.07) is 8.84. The van der Waals surface area contributed by atoms with E-state index >= 15 is 0 Å². The van der Waals surface area contributed by atoms with Crippen molar-refractivity contribution in [3.05, 3.63) is 75.0 Å². The maximum absolute atomic E-state index is 12.8. The van der Waals surface area contributed by atoms with E-state index in [4.69, 9.17) is 11.6 Å². The van der Waals surface area contributed by atoms with Crippen LogP contribution >= 0.6 is 11.6 Å². The molecule has 7 heteroatoms. The molecule has 0 amide bonds. The number of halogens is 2. The van der Waals surface area contributed by atoms with Gasteiger partial charge in [0.15, 0.2) is 11.4 Å². The van der Waals surface area contributed by atoms with E-state index < -0.39 is 0 Å². The van der Waals surface area contributed by atoms with Crippen LogP contribution in [0, 0.1) is 5.82 Å². The minimum atomic E-state index is -0.327. The number of fused-ring (bicyclic) bond motifs is 1. The third-order valence-electron chi connectivity index (χ3n) is 3.31. The minimum Gasteiger partial charge on any atom is -0.504 e. The zero-order valence-electron chi connectivity index (χ0n) is 12.0. The van der Waals surface area contributed by atoms with Crippen LogP contribution < -0.4 is 10.9 Å². The molecular weight excluding hydrogens is 321 g/mol. The Hall–Kier alpha value is -2.44. The van der Waals surface area contributed by atoms with E-state index in [1.807, 2.05) is 0 Å². The highest BCUT2D eigenvalue weighted by molar-refractivity contribution is 6.30. The van der Waals surface area contributed by atoms with Gasteiger partial charge >= 0.3 is 0 Å². The molecule has 0 aliphatic heterocycles. The lowest BCUT2D eigenvalue weighted by atomic mass is 10.2. The fourth-order valence-corrected chi connectivity index (χ4v) is 2.43. The summed E-state index contributed by atoms with van der Waals surface area (Å²) < 4.78 is 14.0. The second-order valence-electron chi connectivity index (χ2n) is 5.05. The standard InChI is InChI=1S/C16H13ClFN3O2/c17-11-5-14(22)16-20-13(6-15(23)21(16)9-11)8-19-7-10-1-3-12(18)4-2-10/h1-6,9,19,22H,7-8H2. The molecule has 118 valence electrons. The number of rotatable bonds is 4. The molecule has 0 unspecified atom stereocenters. The fraction of sp³-hybridized carbons (Fsp3) is 0.125. The van der Waals surface area contributed by atoms with Gasteiger partial charge in [0, 0.05) is 31.4 Å². The van der Waals surface area contributed by atoms with E-state index in [1.165, 1.54) is 34.9 Å². The van der Waals surface area contributed by atoms with E-state index in [0.717, 1.165) is 5.56 Å². The van der Waals surface area contributed by atoms with Crippen molar-refractivity contribution in [2.45, 2.75) is 13.1 Å². The van der Waals surface area contributed by atoms with E-state index in [0.29, 0.717) is 18.8 Å². The summed E-state index contributed by atoms with van der Waals surface area (Å²) in [6.45, 7) is 0.846. The lowest BCUT2D eigenvalue weighted by Crippen LogP contribution is -2.20. The minimum absolute atomic E-state index is 0.153. The number of hydrogen-bond acceptors (Lipinski definition) is 4. The Balaban J connectivity index is 1.78. The molecule has 0 fully saturated rings. The molecule has 3 aromatic rings. The highest BCUT2D eigenvalue weighted by Crippen LogP contribution is 2.20. The molecule has 2 aromatic heterocycles. The van der Waals surface area contributed by atoms with Gasteiger partial charge in [0.25, 0.3) is 5.56 Å². The Morgan fingerprint density at radius 2 is 1.96 bits per heavy atom. The van der Waals surface area contributed by atoms with Gasteiger partial charge in [-0.15, -0.1) is 0 Å². The molecule has 0 spiro atoms. The Labute approximate surface area is 136 Å². The Kier molecular flexibility index (Phi) is 4.27. The van der Waals surface area contributed by atoms with Crippen molar-refractivity contribution < 1.29 is 9.50 Å². The van der Waals surface area contributed by atoms with Crippen molar-refractivity contribution in [3.63, 3.8) is 0 Å². The Bertz CT molecular complexity index is 910. The predicted molar refractivity (Wildman–Crippen MR) is 85.1 cm³/mol. The van der Waals surface area contributed by atoms with Crippen LogP contribution in [0.5, 0.6) is 5.75 Å². The van der Waals surface area contributed by atoms with Crippen LogP contribution in [0.3, 0.4) is 0 Å². The second kappa shape index (κ2) is 6.36. The summed E-state index contributed by atoms with van der Waals surface area (Å²) in [4.78, 5) is 16.3. The van der Waals surface area contributed by atoms with Gasteiger partial charge < -0.3 is 10.4 Å². The van der Waals surface area contributed by atoms with Crippen molar-refractivity contribution in [1.82, 2.24) is 14.7 Å². The van der Waals surface area contributed by atoms with Gasteiger partial charge in [0.05, 0.1) is 10.7 Å². The fourth-order valence-electron chi connectivity index (χ4n) is 2.23. The molecule has 0 saturated heterocycles. The van der Waals surface area contributed by atoms with Crippen molar-refractivity contribution in [2.24, 2.45) is 0 Å². The van der Waals surface area contributed by atoms with Crippen molar-refractivity contribution in [2.75, 3.05) is 0 Å². The van der Waals surface area contributed by atoms with Crippen molar-refractivity contribution >= 4 is 17.2 Å². The largest absolute Gasteiger partial charge is 0.504 e. The maximum atomic E-state index is 12.8. The van der Waals surface area contributed by atoms with Gasteiger partial charge in [-0.25, -0.2) is 9.37 Å². The van der Waals surface area contributed by atoms with E-state index in [-0.39, 0.29) is 27.8 Å². The van der Waals surface area contributed by atoms with Crippen LogP contribution in [0.2, 0.25) is 5.02 Å². The maximum Gasteiger partial charge on any atom is 0.258 e. The summed E-state index contributed by atoms with van der Waals surface area (Å²) in [7, 11) is 0. The van der Waals surface area contributed by atoms with Crippen LogP contribution in [-0.4, -0.2) is 14.5 Å². The topological polar surface area (TPSA) is 66.6 Å². The SMILES string of the molecule is O=c1cc(CNCc2ccc(F)cc2)nc2c(O)cc(Cl)cn12.